The first kappa shape index (κ1) is 18.5. The molecule has 6 nitrogen and oxygen atoms in total. The van der Waals surface area contributed by atoms with E-state index in [2.05, 4.69) is 25.6 Å². The van der Waals surface area contributed by atoms with E-state index in [-0.39, 0.29) is 6.03 Å². The van der Waals surface area contributed by atoms with E-state index in [0.29, 0.717) is 34.8 Å². The van der Waals surface area contributed by atoms with Crippen molar-refractivity contribution in [2.75, 3.05) is 11.9 Å². The molecule has 2 aromatic carbocycles. The Bertz CT molecular complexity index is 1180. The number of nitrogens with zero attached hydrogens (tertiary/aromatic N) is 3. The lowest BCUT2D eigenvalue weighted by Gasteiger charge is -2.08. The summed E-state index contributed by atoms with van der Waals surface area (Å²) in [7, 11) is 0. The summed E-state index contributed by atoms with van der Waals surface area (Å²) in [5.74, 6) is -0.0496. The number of halogens is 1. The first-order valence-corrected chi connectivity index (χ1v) is 9.18. The van der Waals surface area contributed by atoms with Gasteiger partial charge in [0.25, 0.3) is 0 Å². The monoisotopic (exact) mass is 387 g/mol. The lowest BCUT2D eigenvalue weighted by atomic mass is 10.0. The van der Waals surface area contributed by atoms with Gasteiger partial charge in [0.05, 0.1) is 11.9 Å². The molecule has 2 heterocycles. The van der Waals surface area contributed by atoms with Crippen LogP contribution in [0.5, 0.6) is 0 Å². The molecule has 2 amide bonds. The topological polar surface area (TPSA) is 79.8 Å². The predicted molar refractivity (Wildman–Crippen MR) is 111 cm³/mol. The largest absolute Gasteiger partial charge is 0.338 e. The van der Waals surface area contributed by atoms with Crippen molar-refractivity contribution in [1.82, 2.24) is 20.3 Å². The molecule has 0 saturated carbocycles. The summed E-state index contributed by atoms with van der Waals surface area (Å²) >= 11 is 0. The summed E-state index contributed by atoms with van der Waals surface area (Å²) in [6.07, 6.45) is 1.52. The molecule has 2 N–H and O–H groups in total. The Morgan fingerprint density at radius 3 is 2.59 bits per heavy atom. The number of benzene rings is 2. The number of urea groups is 1. The summed E-state index contributed by atoms with van der Waals surface area (Å²) in [6, 6.07) is 17.6. The van der Waals surface area contributed by atoms with Crippen molar-refractivity contribution >= 4 is 23.0 Å². The Morgan fingerprint density at radius 1 is 1.00 bits per heavy atom. The van der Waals surface area contributed by atoms with Gasteiger partial charge in [-0.1, -0.05) is 36.4 Å². The van der Waals surface area contributed by atoms with Gasteiger partial charge in [0.15, 0.2) is 5.65 Å². The average molecular weight is 387 g/mol. The number of anilines is 1. The number of pyridine rings is 1. The maximum atomic E-state index is 14.8. The van der Waals surface area contributed by atoms with Crippen molar-refractivity contribution < 1.29 is 9.18 Å². The second kappa shape index (κ2) is 8.02. The van der Waals surface area contributed by atoms with E-state index >= 15 is 0 Å². The van der Waals surface area contributed by atoms with E-state index in [1.165, 1.54) is 12.3 Å². The Morgan fingerprint density at radius 2 is 1.83 bits per heavy atom. The lowest BCUT2D eigenvalue weighted by Crippen LogP contribution is -2.28. The van der Waals surface area contributed by atoms with Gasteiger partial charge in [0.1, 0.15) is 17.2 Å². The van der Waals surface area contributed by atoms with Crippen molar-refractivity contribution in [3.8, 4) is 22.4 Å². The molecule has 7 heteroatoms. The van der Waals surface area contributed by atoms with Gasteiger partial charge in [-0.2, -0.15) is 0 Å². The number of amides is 2. The second-order valence-electron chi connectivity index (χ2n) is 6.34. The molecule has 0 aliphatic carbocycles. The molecule has 2 aromatic heterocycles. The fourth-order valence-electron chi connectivity index (χ4n) is 2.95. The first-order valence-electron chi connectivity index (χ1n) is 9.18. The highest BCUT2D eigenvalue weighted by Gasteiger charge is 2.11. The van der Waals surface area contributed by atoms with Crippen molar-refractivity contribution in [3.05, 3.63) is 72.7 Å². The number of aromatic nitrogens is 3. The van der Waals surface area contributed by atoms with Crippen molar-refractivity contribution in [3.63, 3.8) is 0 Å². The van der Waals surface area contributed by atoms with Crippen LogP contribution in [0.2, 0.25) is 0 Å². The third-order valence-electron chi connectivity index (χ3n) is 4.34. The fraction of sp³-hybridized carbons (Fsp3) is 0.0909. The van der Waals surface area contributed by atoms with Gasteiger partial charge in [-0.25, -0.2) is 19.2 Å². The summed E-state index contributed by atoms with van der Waals surface area (Å²) in [5, 5.41) is 5.26. The molecule has 4 rings (SSSR count). The molecule has 0 saturated heterocycles. The zero-order valence-corrected chi connectivity index (χ0v) is 15.7. The fourth-order valence-corrected chi connectivity index (χ4v) is 2.95. The van der Waals surface area contributed by atoms with E-state index in [0.717, 1.165) is 11.1 Å². The minimum absolute atomic E-state index is 0.323. The average Bonchev–Trinajstić information content (AvgIpc) is 2.74. The van der Waals surface area contributed by atoms with Crippen LogP contribution in [0.3, 0.4) is 0 Å². The maximum absolute atomic E-state index is 14.8. The van der Waals surface area contributed by atoms with Crippen LogP contribution >= 0.6 is 0 Å². The summed E-state index contributed by atoms with van der Waals surface area (Å²) in [4.78, 5) is 24.7. The Balaban J connectivity index is 1.67. The van der Waals surface area contributed by atoms with Gasteiger partial charge in [0, 0.05) is 12.1 Å². The van der Waals surface area contributed by atoms with E-state index in [4.69, 9.17) is 0 Å². The molecule has 0 fully saturated rings. The van der Waals surface area contributed by atoms with E-state index in [1.54, 1.807) is 18.2 Å². The van der Waals surface area contributed by atoms with Crippen LogP contribution in [0.1, 0.15) is 6.92 Å². The highest BCUT2D eigenvalue weighted by Crippen LogP contribution is 2.27. The van der Waals surface area contributed by atoms with E-state index in [1.807, 2.05) is 43.3 Å². The van der Waals surface area contributed by atoms with Gasteiger partial charge in [-0.05, 0) is 42.3 Å². The predicted octanol–water partition coefficient (Wildman–Crippen LogP) is 4.64. The second-order valence-corrected chi connectivity index (χ2v) is 6.34. The Kier molecular flexibility index (Phi) is 5.11. The number of carbonyl (C=O) groups is 1. The third-order valence-corrected chi connectivity index (χ3v) is 4.34. The number of nitrogens with one attached hydrogen (secondary N) is 2. The van der Waals surface area contributed by atoms with Crippen LogP contribution in [0.4, 0.5) is 15.0 Å². The normalized spacial score (nSPS) is 10.7. The molecule has 0 spiro atoms. The molecule has 0 atom stereocenters. The molecule has 0 aliphatic heterocycles. The molecular weight excluding hydrogens is 369 g/mol. The molecule has 0 radical (unpaired) electrons. The quantitative estimate of drug-likeness (QED) is 0.535. The zero-order valence-electron chi connectivity index (χ0n) is 15.7. The Hall–Kier alpha value is -3.87. The molecular formula is C22H18FN5O. The summed E-state index contributed by atoms with van der Waals surface area (Å²) in [5.41, 5.74) is 3.30. The van der Waals surface area contributed by atoms with Gasteiger partial charge in [-0.3, -0.25) is 10.3 Å². The molecule has 144 valence electrons. The maximum Gasteiger partial charge on any atom is 0.320 e. The highest BCUT2D eigenvalue weighted by molar-refractivity contribution is 5.89. The van der Waals surface area contributed by atoms with Crippen molar-refractivity contribution in [2.45, 2.75) is 6.92 Å². The number of carbonyl (C=O) groups excluding carboxylic acids is 1. The highest BCUT2D eigenvalue weighted by atomic mass is 19.1. The molecule has 4 aromatic rings. The van der Waals surface area contributed by atoms with Gasteiger partial charge < -0.3 is 5.32 Å². The molecule has 0 unspecified atom stereocenters. The number of hydrogen-bond donors (Lipinski definition) is 2. The van der Waals surface area contributed by atoms with Gasteiger partial charge >= 0.3 is 6.03 Å². The van der Waals surface area contributed by atoms with Crippen LogP contribution < -0.4 is 10.6 Å². The van der Waals surface area contributed by atoms with Crippen LogP contribution in [-0.4, -0.2) is 27.5 Å². The third kappa shape index (κ3) is 4.03. The Labute approximate surface area is 166 Å². The number of fused-ring (bicyclic) bond motifs is 1. The summed E-state index contributed by atoms with van der Waals surface area (Å²) in [6.45, 7) is 2.32. The molecule has 0 aliphatic rings. The van der Waals surface area contributed by atoms with Crippen molar-refractivity contribution in [1.29, 1.82) is 0 Å². The SMILES string of the molecule is CCNC(=O)Nc1ccc2ncc(-c3ccc(-c4ccccc4)cc3F)nc2n1. The minimum atomic E-state index is -0.392. The number of hydrogen-bond acceptors (Lipinski definition) is 4. The van der Waals surface area contributed by atoms with Crippen LogP contribution in [0.25, 0.3) is 33.5 Å². The minimum Gasteiger partial charge on any atom is -0.338 e. The van der Waals surface area contributed by atoms with Gasteiger partial charge in [0.2, 0.25) is 0 Å². The van der Waals surface area contributed by atoms with Gasteiger partial charge in [-0.15, -0.1) is 0 Å². The van der Waals surface area contributed by atoms with Crippen LogP contribution in [-0.2, 0) is 0 Å². The lowest BCUT2D eigenvalue weighted by molar-refractivity contribution is 0.252. The molecule has 0 bridgehead atoms. The van der Waals surface area contributed by atoms with Crippen LogP contribution in [0, 0.1) is 5.82 Å². The molecule has 29 heavy (non-hydrogen) atoms. The standard InChI is InChI=1S/C22H18FN5O/c1-2-24-22(29)28-20-11-10-18-21(27-20)26-19(13-25-18)16-9-8-15(12-17(16)23)14-6-4-3-5-7-14/h3-13H,2H2,1H3,(H2,24,26,27,28,29). The number of rotatable bonds is 4. The van der Waals surface area contributed by atoms with E-state index in [9.17, 15) is 9.18 Å². The van der Waals surface area contributed by atoms with Crippen molar-refractivity contribution in [2.24, 2.45) is 0 Å². The summed E-state index contributed by atoms with van der Waals surface area (Å²) < 4.78 is 14.8. The zero-order chi connectivity index (χ0) is 20.2. The smallest absolute Gasteiger partial charge is 0.320 e. The van der Waals surface area contributed by atoms with E-state index < -0.39 is 5.82 Å². The first-order chi connectivity index (χ1) is 14.1. The van der Waals surface area contributed by atoms with Crippen LogP contribution in [0.15, 0.2) is 66.9 Å².